The largest absolute Gasteiger partial charge is 0.456 e. The molecule has 0 spiro atoms. The number of fused-ring (bicyclic) bond motifs is 2. The fourth-order valence-electron chi connectivity index (χ4n) is 3.65. The summed E-state index contributed by atoms with van der Waals surface area (Å²) in [5.41, 5.74) is 3.34. The average molecular weight is 410 g/mol. The molecule has 5 aromatic rings. The molecule has 0 N–H and O–H groups in total. The Bertz CT molecular complexity index is 1490. The van der Waals surface area contributed by atoms with Crippen LogP contribution < -0.4 is 10.4 Å². The van der Waals surface area contributed by atoms with Crippen molar-refractivity contribution in [2.24, 2.45) is 0 Å². The van der Waals surface area contributed by atoms with Crippen LogP contribution in [-0.2, 0) is 0 Å². The SMILES string of the molecule is Cc1cccc(C(=O)Oc2cc3c(-c4cc5ccccc5o4)cc(=O)oc3cc2C)c1. The van der Waals surface area contributed by atoms with Crippen LogP contribution in [0.2, 0.25) is 0 Å². The molecule has 5 rings (SSSR count). The Hall–Kier alpha value is -4.12. The third kappa shape index (κ3) is 3.51. The van der Waals surface area contributed by atoms with Crippen LogP contribution in [0.1, 0.15) is 21.5 Å². The Kier molecular flexibility index (Phi) is 4.44. The maximum Gasteiger partial charge on any atom is 0.343 e. The number of hydrogen-bond donors (Lipinski definition) is 0. The van der Waals surface area contributed by atoms with Crippen LogP contribution in [0.25, 0.3) is 33.3 Å². The number of esters is 1. The molecule has 2 heterocycles. The Balaban J connectivity index is 1.63. The highest BCUT2D eigenvalue weighted by Gasteiger charge is 2.17. The van der Waals surface area contributed by atoms with Crippen LogP contribution in [0.4, 0.5) is 0 Å². The van der Waals surface area contributed by atoms with Gasteiger partial charge in [-0.2, -0.15) is 0 Å². The van der Waals surface area contributed by atoms with E-state index in [4.69, 9.17) is 13.6 Å². The first-order valence-corrected chi connectivity index (χ1v) is 9.84. The van der Waals surface area contributed by atoms with Gasteiger partial charge >= 0.3 is 11.6 Å². The maximum absolute atomic E-state index is 12.7. The van der Waals surface area contributed by atoms with Crippen molar-refractivity contribution >= 4 is 27.9 Å². The minimum absolute atomic E-state index is 0.394. The van der Waals surface area contributed by atoms with Gasteiger partial charge in [0.2, 0.25) is 0 Å². The number of ether oxygens (including phenoxy) is 1. The molecule has 2 aromatic heterocycles. The molecular weight excluding hydrogens is 392 g/mol. The molecule has 0 aliphatic heterocycles. The summed E-state index contributed by atoms with van der Waals surface area (Å²) in [4.78, 5) is 24.9. The predicted octanol–water partition coefficient (Wildman–Crippen LogP) is 6.04. The third-order valence-corrected chi connectivity index (χ3v) is 5.19. The van der Waals surface area contributed by atoms with Crippen molar-refractivity contribution in [3.63, 3.8) is 0 Å². The number of rotatable bonds is 3. The minimum Gasteiger partial charge on any atom is -0.456 e. The van der Waals surface area contributed by atoms with E-state index in [0.717, 1.165) is 16.5 Å². The Morgan fingerprint density at radius 2 is 1.68 bits per heavy atom. The smallest absolute Gasteiger partial charge is 0.343 e. The number of carbonyl (C=O) groups excluding carboxylic acids is 1. The quantitative estimate of drug-likeness (QED) is 0.206. The summed E-state index contributed by atoms with van der Waals surface area (Å²) >= 11 is 0. The first kappa shape index (κ1) is 18.9. The third-order valence-electron chi connectivity index (χ3n) is 5.19. The highest BCUT2D eigenvalue weighted by Crippen LogP contribution is 2.35. The lowest BCUT2D eigenvalue weighted by atomic mass is 10.0. The van der Waals surface area contributed by atoms with Gasteiger partial charge in [0.15, 0.2) is 0 Å². The van der Waals surface area contributed by atoms with Crippen LogP contribution in [0.15, 0.2) is 86.4 Å². The molecule has 0 saturated carbocycles. The Morgan fingerprint density at radius 1 is 0.839 bits per heavy atom. The summed E-state index contributed by atoms with van der Waals surface area (Å²) in [6.07, 6.45) is 0. The zero-order valence-corrected chi connectivity index (χ0v) is 17.0. The van der Waals surface area contributed by atoms with Crippen molar-refractivity contribution in [3.8, 4) is 17.1 Å². The normalized spacial score (nSPS) is 11.2. The van der Waals surface area contributed by atoms with E-state index >= 15 is 0 Å². The van der Waals surface area contributed by atoms with Gasteiger partial charge in [0.1, 0.15) is 22.7 Å². The number of para-hydroxylation sites is 1. The fraction of sp³-hybridized carbons (Fsp3) is 0.0769. The molecule has 31 heavy (non-hydrogen) atoms. The second-order valence-corrected chi connectivity index (χ2v) is 7.50. The summed E-state index contributed by atoms with van der Waals surface area (Å²) in [7, 11) is 0. The van der Waals surface area contributed by atoms with E-state index < -0.39 is 11.6 Å². The molecule has 0 amide bonds. The Labute approximate surface area is 177 Å². The Morgan fingerprint density at radius 3 is 2.48 bits per heavy atom. The number of carbonyl (C=O) groups is 1. The highest BCUT2D eigenvalue weighted by atomic mass is 16.5. The van der Waals surface area contributed by atoms with Gasteiger partial charge in [-0.3, -0.25) is 0 Å². The molecule has 0 fully saturated rings. The highest BCUT2D eigenvalue weighted by molar-refractivity contribution is 5.97. The van der Waals surface area contributed by atoms with E-state index in [0.29, 0.717) is 39.2 Å². The van der Waals surface area contributed by atoms with Crippen LogP contribution >= 0.6 is 0 Å². The summed E-state index contributed by atoms with van der Waals surface area (Å²) in [5.74, 6) is 0.484. The van der Waals surface area contributed by atoms with Gasteiger partial charge in [-0.1, -0.05) is 35.9 Å². The lowest BCUT2D eigenvalue weighted by Crippen LogP contribution is -2.09. The first-order valence-electron chi connectivity index (χ1n) is 9.84. The molecule has 0 aliphatic rings. The molecule has 5 heteroatoms. The minimum atomic E-state index is -0.480. The molecule has 152 valence electrons. The molecule has 5 nitrogen and oxygen atoms in total. The zero-order chi connectivity index (χ0) is 21.5. The lowest BCUT2D eigenvalue weighted by Gasteiger charge is -2.10. The van der Waals surface area contributed by atoms with Crippen LogP contribution in [0, 0.1) is 13.8 Å². The topological polar surface area (TPSA) is 69.7 Å². The molecule has 0 bridgehead atoms. The molecule has 0 atom stereocenters. The molecule has 3 aromatic carbocycles. The van der Waals surface area contributed by atoms with Gasteiger partial charge in [-0.05, 0) is 55.8 Å². The van der Waals surface area contributed by atoms with Crippen molar-refractivity contribution in [1.29, 1.82) is 0 Å². The number of aryl methyl sites for hydroxylation is 2. The molecular formula is C26H18O5. The van der Waals surface area contributed by atoms with Crippen molar-refractivity contribution in [2.45, 2.75) is 13.8 Å². The number of benzene rings is 3. The monoisotopic (exact) mass is 410 g/mol. The molecule has 0 aliphatic carbocycles. The molecule has 0 saturated heterocycles. The molecule has 0 radical (unpaired) electrons. The van der Waals surface area contributed by atoms with E-state index in [1.807, 2.05) is 49.4 Å². The second-order valence-electron chi connectivity index (χ2n) is 7.50. The van der Waals surface area contributed by atoms with E-state index in [9.17, 15) is 9.59 Å². The summed E-state index contributed by atoms with van der Waals surface area (Å²) in [6, 6.07) is 21.5. The summed E-state index contributed by atoms with van der Waals surface area (Å²) in [5, 5.41) is 1.55. The van der Waals surface area contributed by atoms with Crippen molar-refractivity contribution < 1.29 is 18.4 Å². The van der Waals surface area contributed by atoms with E-state index in [1.165, 1.54) is 6.07 Å². The van der Waals surface area contributed by atoms with Crippen LogP contribution in [-0.4, -0.2) is 5.97 Å². The van der Waals surface area contributed by atoms with Crippen LogP contribution in [0.3, 0.4) is 0 Å². The summed E-state index contributed by atoms with van der Waals surface area (Å²) < 4.78 is 17.0. The zero-order valence-electron chi connectivity index (χ0n) is 17.0. The van der Waals surface area contributed by atoms with Gasteiger partial charge in [0.25, 0.3) is 0 Å². The standard InChI is InChI=1S/C26H18O5/c1-15-6-5-8-18(10-15)26(28)31-22-13-19-20(14-25(27)30-23(19)11-16(22)2)24-12-17-7-3-4-9-21(17)29-24/h3-14H,1-2H3. The van der Waals surface area contributed by atoms with Crippen molar-refractivity contribution in [1.82, 2.24) is 0 Å². The fourth-order valence-corrected chi connectivity index (χ4v) is 3.65. The van der Waals surface area contributed by atoms with Crippen molar-refractivity contribution in [3.05, 3.63) is 99.9 Å². The predicted molar refractivity (Wildman–Crippen MR) is 119 cm³/mol. The van der Waals surface area contributed by atoms with Gasteiger partial charge in [0.05, 0.1) is 5.56 Å². The molecule has 0 unspecified atom stereocenters. The van der Waals surface area contributed by atoms with Gasteiger partial charge in [-0.25, -0.2) is 9.59 Å². The van der Waals surface area contributed by atoms with Gasteiger partial charge in [0, 0.05) is 22.4 Å². The van der Waals surface area contributed by atoms with E-state index in [1.54, 1.807) is 31.2 Å². The first-order chi connectivity index (χ1) is 15.0. The average Bonchev–Trinajstić information content (AvgIpc) is 3.18. The van der Waals surface area contributed by atoms with E-state index in [-0.39, 0.29) is 0 Å². The van der Waals surface area contributed by atoms with E-state index in [2.05, 4.69) is 0 Å². The van der Waals surface area contributed by atoms with Crippen molar-refractivity contribution in [2.75, 3.05) is 0 Å². The van der Waals surface area contributed by atoms with Gasteiger partial charge < -0.3 is 13.6 Å². The number of hydrogen-bond acceptors (Lipinski definition) is 5. The lowest BCUT2D eigenvalue weighted by molar-refractivity contribution is 0.0733. The number of furan rings is 1. The van der Waals surface area contributed by atoms with Gasteiger partial charge in [-0.15, -0.1) is 0 Å². The maximum atomic E-state index is 12.7. The summed E-state index contributed by atoms with van der Waals surface area (Å²) in [6.45, 7) is 3.71. The van der Waals surface area contributed by atoms with Crippen LogP contribution in [0.5, 0.6) is 5.75 Å². The second kappa shape index (κ2) is 7.29.